The van der Waals surface area contributed by atoms with Crippen LogP contribution in [-0.4, -0.2) is 11.8 Å². The molecule has 0 atom stereocenters. The molecule has 2 aromatic rings. The van der Waals surface area contributed by atoms with Crippen molar-refractivity contribution in [3.05, 3.63) is 58.6 Å². The maximum absolute atomic E-state index is 12.5. The first kappa shape index (κ1) is 19.4. The molecule has 1 heterocycles. The highest BCUT2D eigenvalue weighted by Crippen LogP contribution is 2.31. The second-order valence-electron chi connectivity index (χ2n) is 7.43. The first-order valence-corrected chi connectivity index (χ1v) is 9.78. The van der Waals surface area contributed by atoms with Gasteiger partial charge in [0.15, 0.2) is 0 Å². The molecule has 2 aromatic carbocycles. The number of fused-ring (bicyclic) bond motifs is 1. The van der Waals surface area contributed by atoms with Crippen molar-refractivity contribution in [2.75, 3.05) is 10.2 Å². The number of anilines is 2. The quantitative estimate of drug-likeness (QED) is 0.744. The second kappa shape index (κ2) is 8.57. The lowest BCUT2D eigenvalue weighted by molar-refractivity contribution is -0.119. The monoisotopic (exact) mass is 384 g/mol. The van der Waals surface area contributed by atoms with Crippen LogP contribution in [0.1, 0.15) is 44.2 Å². The summed E-state index contributed by atoms with van der Waals surface area (Å²) in [6.07, 6.45) is 2.57. The Balaban J connectivity index is 1.74. The average Bonchev–Trinajstić information content (AvgIpc) is 2.64. The van der Waals surface area contributed by atoms with Gasteiger partial charge >= 0.3 is 0 Å². The molecule has 0 fully saturated rings. The topological polar surface area (TPSA) is 49.4 Å². The number of aryl methyl sites for hydroxylation is 1. The van der Waals surface area contributed by atoms with E-state index in [0.717, 1.165) is 28.9 Å². The minimum Gasteiger partial charge on any atom is -0.326 e. The molecule has 1 N–H and O–H groups in total. The zero-order chi connectivity index (χ0) is 19.4. The summed E-state index contributed by atoms with van der Waals surface area (Å²) in [5, 5.41) is 3.65. The first-order chi connectivity index (χ1) is 12.9. The molecule has 0 unspecified atom stereocenters. The van der Waals surface area contributed by atoms with Gasteiger partial charge in [0.25, 0.3) is 0 Å². The summed E-state index contributed by atoms with van der Waals surface area (Å²) in [6.45, 7) is 4.74. The fourth-order valence-corrected chi connectivity index (χ4v) is 3.35. The smallest absolute Gasteiger partial charge is 0.227 e. The van der Waals surface area contributed by atoms with Gasteiger partial charge in [-0.2, -0.15) is 0 Å². The predicted octanol–water partition coefficient (Wildman–Crippen LogP) is 5.19. The van der Waals surface area contributed by atoms with Gasteiger partial charge in [-0.1, -0.05) is 37.6 Å². The molecule has 142 valence electrons. The normalized spacial score (nSPS) is 13.6. The molecule has 0 bridgehead atoms. The van der Waals surface area contributed by atoms with Gasteiger partial charge in [-0.25, -0.2) is 0 Å². The van der Waals surface area contributed by atoms with Crippen LogP contribution in [0.25, 0.3) is 0 Å². The van der Waals surface area contributed by atoms with Crippen molar-refractivity contribution in [3.63, 3.8) is 0 Å². The maximum Gasteiger partial charge on any atom is 0.227 e. The summed E-state index contributed by atoms with van der Waals surface area (Å²) in [5.74, 6) is 0.659. The summed E-state index contributed by atoms with van der Waals surface area (Å²) >= 11 is 5.95. The van der Waals surface area contributed by atoms with Crippen molar-refractivity contribution in [1.29, 1.82) is 0 Å². The van der Waals surface area contributed by atoms with E-state index in [4.69, 9.17) is 11.6 Å². The van der Waals surface area contributed by atoms with Crippen molar-refractivity contribution in [1.82, 2.24) is 0 Å². The van der Waals surface area contributed by atoms with Gasteiger partial charge in [0.2, 0.25) is 11.8 Å². The van der Waals surface area contributed by atoms with E-state index < -0.39 is 0 Å². The second-order valence-corrected chi connectivity index (χ2v) is 7.87. The van der Waals surface area contributed by atoms with Gasteiger partial charge in [-0.05, 0) is 60.2 Å². The highest BCUT2D eigenvalue weighted by Gasteiger charge is 2.24. The van der Waals surface area contributed by atoms with Crippen LogP contribution in [-0.2, 0) is 22.6 Å². The van der Waals surface area contributed by atoms with E-state index in [0.29, 0.717) is 36.7 Å². The zero-order valence-electron chi connectivity index (χ0n) is 15.8. The summed E-state index contributed by atoms with van der Waals surface area (Å²) in [6, 6.07) is 13.3. The Morgan fingerprint density at radius 3 is 2.59 bits per heavy atom. The standard InChI is InChI=1S/C22H25ClN2O2/c1-15(2)3-11-21(26)24-19-9-10-20-17(13-19)6-12-22(27)25(20)14-16-4-7-18(23)8-5-16/h4-5,7-10,13,15H,3,6,11-12,14H2,1-2H3,(H,24,26). The number of hydrogen-bond donors (Lipinski definition) is 1. The van der Waals surface area contributed by atoms with Crippen LogP contribution in [0.15, 0.2) is 42.5 Å². The fraction of sp³-hybridized carbons (Fsp3) is 0.364. The van der Waals surface area contributed by atoms with Crippen LogP contribution in [0.5, 0.6) is 0 Å². The number of amides is 2. The molecule has 3 rings (SSSR count). The van der Waals surface area contributed by atoms with E-state index in [2.05, 4.69) is 19.2 Å². The van der Waals surface area contributed by atoms with Gasteiger partial charge in [0, 0.05) is 29.2 Å². The minimum absolute atomic E-state index is 0.0357. The summed E-state index contributed by atoms with van der Waals surface area (Å²) < 4.78 is 0. The van der Waals surface area contributed by atoms with Gasteiger partial charge in [-0.3, -0.25) is 9.59 Å². The lowest BCUT2D eigenvalue weighted by atomic mass is 9.99. The number of benzene rings is 2. The Morgan fingerprint density at radius 2 is 1.89 bits per heavy atom. The number of carbonyl (C=O) groups excluding carboxylic acids is 2. The number of nitrogens with one attached hydrogen (secondary N) is 1. The van der Waals surface area contributed by atoms with Gasteiger partial charge < -0.3 is 10.2 Å². The summed E-state index contributed by atoms with van der Waals surface area (Å²) in [7, 11) is 0. The van der Waals surface area contributed by atoms with Crippen molar-refractivity contribution >= 4 is 34.8 Å². The molecular weight excluding hydrogens is 360 g/mol. The number of halogens is 1. The van der Waals surface area contributed by atoms with Crippen LogP contribution >= 0.6 is 11.6 Å². The molecule has 1 aliphatic heterocycles. The molecule has 0 saturated heterocycles. The molecule has 0 aliphatic carbocycles. The van der Waals surface area contributed by atoms with E-state index in [-0.39, 0.29) is 11.8 Å². The van der Waals surface area contributed by atoms with Crippen LogP contribution < -0.4 is 10.2 Å². The Labute approximate surface area is 165 Å². The fourth-order valence-electron chi connectivity index (χ4n) is 3.23. The summed E-state index contributed by atoms with van der Waals surface area (Å²) in [5.41, 5.74) is 3.83. The third-order valence-electron chi connectivity index (χ3n) is 4.77. The number of rotatable bonds is 6. The molecule has 0 aromatic heterocycles. The zero-order valence-corrected chi connectivity index (χ0v) is 16.6. The third-order valence-corrected chi connectivity index (χ3v) is 5.02. The lowest BCUT2D eigenvalue weighted by Crippen LogP contribution is -2.34. The highest BCUT2D eigenvalue weighted by atomic mass is 35.5. The average molecular weight is 385 g/mol. The van der Waals surface area contributed by atoms with Crippen LogP contribution in [0, 0.1) is 5.92 Å². The maximum atomic E-state index is 12.5. The number of carbonyl (C=O) groups is 2. The Bertz CT molecular complexity index is 831. The van der Waals surface area contributed by atoms with Gasteiger partial charge in [0.05, 0.1) is 6.54 Å². The molecule has 4 nitrogen and oxygen atoms in total. The van der Waals surface area contributed by atoms with Crippen LogP contribution in [0.2, 0.25) is 5.02 Å². The molecule has 1 aliphatic rings. The molecule has 2 amide bonds. The highest BCUT2D eigenvalue weighted by molar-refractivity contribution is 6.30. The largest absolute Gasteiger partial charge is 0.326 e. The van der Waals surface area contributed by atoms with Gasteiger partial charge in [-0.15, -0.1) is 0 Å². The van der Waals surface area contributed by atoms with Crippen molar-refractivity contribution in [2.45, 2.75) is 46.1 Å². The lowest BCUT2D eigenvalue weighted by Gasteiger charge is -2.30. The molecule has 5 heteroatoms. The van der Waals surface area contributed by atoms with Crippen molar-refractivity contribution in [3.8, 4) is 0 Å². The third kappa shape index (κ3) is 5.10. The van der Waals surface area contributed by atoms with Crippen molar-refractivity contribution in [2.24, 2.45) is 5.92 Å². The minimum atomic E-state index is 0.0357. The molecule has 27 heavy (non-hydrogen) atoms. The van der Waals surface area contributed by atoms with Crippen LogP contribution in [0.3, 0.4) is 0 Å². The van der Waals surface area contributed by atoms with E-state index in [1.807, 2.05) is 47.4 Å². The Hall–Kier alpha value is -2.33. The van der Waals surface area contributed by atoms with E-state index in [1.54, 1.807) is 0 Å². The van der Waals surface area contributed by atoms with Gasteiger partial charge in [0.1, 0.15) is 0 Å². The number of hydrogen-bond acceptors (Lipinski definition) is 2. The van der Waals surface area contributed by atoms with E-state index in [9.17, 15) is 9.59 Å². The Morgan fingerprint density at radius 1 is 1.15 bits per heavy atom. The molecule has 0 spiro atoms. The summed E-state index contributed by atoms with van der Waals surface area (Å²) in [4.78, 5) is 26.4. The van der Waals surface area contributed by atoms with Crippen molar-refractivity contribution < 1.29 is 9.59 Å². The SMILES string of the molecule is CC(C)CCC(=O)Nc1ccc2c(c1)CCC(=O)N2Cc1ccc(Cl)cc1. The van der Waals surface area contributed by atoms with E-state index in [1.165, 1.54) is 0 Å². The molecule has 0 radical (unpaired) electrons. The van der Waals surface area contributed by atoms with E-state index >= 15 is 0 Å². The predicted molar refractivity (Wildman–Crippen MR) is 110 cm³/mol. The molecular formula is C22H25ClN2O2. The first-order valence-electron chi connectivity index (χ1n) is 9.40. The molecule has 0 saturated carbocycles. The number of nitrogens with zero attached hydrogens (tertiary/aromatic N) is 1. The Kier molecular flexibility index (Phi) is 6.17. The van der Waals surface area contributed by atoms with Crippen LogP contribution in [0.4, 0.5) is 11.4 Å².